The standard InChI is InChI=1S/C14H17BrN2O/c1-2-6-17-8-12-9-18-16-14(12,10-17)11-4-3-5-13(15)7-11/h2-5,7,12,16H,1,6,8-10H2. The molecule has 0 aromatic heterocycles. The molecule has 1 aromatic carbocycles. The number of halogens is 1. The van der Waals surface area contributed by atoms with E-state index in [1.807, 2.05) is 6.08 Å². The molecule has 0 spiro atoms. The molecule has 0 saturated carbocycles. The lowest BCUT2D eigenvalue weighted by Crippen LogP contribution is -2.43. The zero-order valence-electron chi connectivity index (χ0n) is 10.2. The van der Waals surface area contributed by atoms with Crippen molar-refractivity contribution in [2.75, 3.05) is 26.2 Å². The Bertz CT molecular complexity index is 465. The van der Waals surface area contributed by atoms with Gasteiger partial charge in [0.15, 0.2) is 0 Å². The van der Waals surface area contributed by atoms with Gasteiger partial charge in [-0.1, -0.05) is 34.1 Å². The fourth-order valence-electron chi connectivity index (χ4n) is 3.07. The maximum Gasteiger partial charge on any atom is 0.0870 e. The Hall–Kier alpha value is -0.680. The molecule has 3 rings (SSSR count). The zero-order chi connectivity index (χ0) is 12.6. The zero-order valence-corrected chi connectivity index (χ0v) is 11.8. The van der Waals surface area contributed by atoms with Gasteiger partial charge in [-0.05, 0) is 17.7 Å². The van der Waals surface area contributed by atoms with E-state index < -0.39 is 0 Å². The van der Waals surface area contributed by atoms with E-state index in [-0.39, 0.29) is 5.54 Å². The quantitative estimate of drug-likeness (QED) is 0.867. The van der Waals surface area contributed by atoms with Crippen LogP contribution < -0.4 is 5.48 Å². The average Bonchev–Trinajstić information content (AvgIpc) is 2.86. The van der Waals surface area contributed by atoms with Crippen molar-refractivity contribution in [1.82, 2.24) is 10.4 Å². The normalized spacial score (nSPS) is 31.5. The summed E-state index contributed by atoms with van der Waals surface area (Å²) in [5.41, 5.74) is 4.50. The Balaban J connectivity index is 1.94. The Morgan fingerprint density at radius 2 is 2.50 bits per heavy atom. The van der Waals surface area contributed by atoms with Crippen LogP contribution in [0.15, 0.2) is 41.4 Å². The summed E-state index contributed by atoms with van der Waals surface area (Å²) in [5.74, 6) is 0.506. The third-order valence-electron chi connectivity index (χ3n) is 3.91. The molecule has 2 fully saturated rings. The van der Waals surface area contributed by atoms with Gasteiger partial charge in [0.1, 0.15) is 0 Å². The van der Waals surface area contributed by atoms with Crippen molar-refractivity contribution in [3.63, 3.8) is 0 Å². The smallest absolute Gasteiger partial charge is 0.0870 e. The molecule has 2 aliphatic heterocycles. The van der Waals surface area contributed by atoms with Crippen LogP contribution in [0.2, 0.25) is 0 Å². The molecule has 0 amide bonds. The molecule has 18 heavy (non-hydrogen) atoms. The van der Waals surface area contributed by atoms with Gasteiger partial charge in [0.2, 0.25) is 0 Å². The molecule has 0 radical (unpaired) electrons. The highest BCUT2D eigenvalue weighted by atomic mass is 79.9. The number of hydroxylamine groups is 1. The number of nitrogens with one attached hydrogen (secondary N) is 1. The van der Waals surface area contributed by atoms with Crippen LogP contribution in [0.3, 0.4) is 0 Å². The van der Waals surface area contributed by atoms with Crippen molar-refractivity contribution >= 4 is 15.9 Å². The monoisotopic (exact) mass is 308 g/mol. The van der Waals surface area contributed by atoms with Crippen LogP contribution in [-0.2, 0) is 10.4 Å². The van der Waals surface area contributed by atoms with Gasteiger partial charge in [0, 0.05) is 30.0 Å². The SMILES string of the molecule is C=CCN1CC2CONC2(c2cccc(Br)c2)C1. The summed E-state index contributed by atoms with van der Waals surface area (Å²) in [4.78, 5) is 7.94. The minimum atomic E-state index is -0.0627. The molecular formula is C14H17BrN2O. The Morgan fingerprint density at radius 3 is 3.28 bits per heavy atom. The molecular weight excluding hydrogens is 292 g/mol. The van der Waals surface area contributed by atoms with Gasteiger partial charge in [-0.3, -0.25) is 4.90 Å². The summed E-state index contributed by atoms with van der Waals surface area (Å²) < 4.78 is 1.11. The molecule has 2 unspecified atom stereocenters. The third kappa shape index (κ3) is 1.93. The molecule has 2 heterocycles. The molecule has 2 atom stereocenters. The van der Waals surface area contributed by atoms with Gasteiger partial charge in [0.05, 0.1) is 12.1 Å². The topological polar surface area (TPSA) is 24.5 Å². The van der Waals surface area contributed by atoms with Crippen LogP contribution in [0.5, 0.6) is 0 Å². The Morgan fingerprint density at radius 1 is 1.61 bits per heavy atom. The highest BCUT2D eigenvalue weighted by Gasteiger charge is 2.51. The van der Waals surface area contributed by atoms with Gasteiger partial charge in [-0.15, -0.1) is 6.58 Å². The number of likely N-dealkylation sites (tertiary alicyclic amines) is 1. The number of hydrogen-bond acceptors (Lipinski definition) is 3. The van der Waals surface area contributed by atoms with Crippen molar-refractivity contribution in [2.24, 2.45) is 5.92 Å². The van der Waals surface area contributed by atoms with E-state index >= 15 is 0 Å². The van der Waals surface area contributed by atoms with E-state index in [9.17, 15) is 0 Å². The van der Waals surface area contributed by atoms with Gasteiger partial charge in [-0.25, -0.2) is 0 Å². The van der Waals surface area contributed by atoms with Gasteiger partial charge in [0.25, 0.3) is 0 Å². The molecule has 2 saturated heterocycles. The predicted molar refractivity (Wildman–Crippen MR) is 75.0 cm³/mol. The van der Waals surface area contributed by atoms with Crippen molar-refractivity contribution in [3.05, 3.63) is 47.0 Å². The van der Waals surface area contributed by atoms with Gasteiger partial charge in [-0.2, -0.15) is 5.48 Å². The summed E-state index contributed by atoms with van der Waals surface area (Å²) in [6.45, 7) is 7.58. The maximum absolute atomic E-state index is 5.52. The summed E-state index contributed by atoms with van der Waals surface area (Å²) in [5, 5.41) is 0. The Kier molecular flexibility index (Phi) is 3.28. The minimum Gasteiger partial charge on any atom is -0.300 e. The largest absolute Gasteiger partial charge is 0.300 e. The van der Waals surface area contributed by atoms with Crippen LogP contribution >= 0.6 is 15.9 Å². The summed E-state index contributed by atoms with van der Waals surface area (Å²) in [6, 6.07) is 8.51. The lowest BCUT2D eigenvalue weighted by molar-refractivity contribution is 0.0489. The Labute approximate surface area is 116 Å². The van der Waals surface area contributed by atoms with E-state index in [0.29, 0.717) is 5.92 Å². The van der Waals surface area contributed by atoms with Crippen LogP contribution in [0.4, 0.5) is 0 Å². The molecule has 0 bridgehead atoms. The van der Waals surface area contributed by atoms with E-state index in [0.717, 1.165) is 30.7 Å². The number of rotatable bonds is 3. The second kappa shape index (κ2) is 4.78. The third-order valence-corrected chi connectivity index (χ3v) is 4.41. The molecule has 96 valence electrons. The second-order valence-corrected chi connectivity index (χ2v) is 5.99. The summed E-state index contributed by atoms with van der Waals surface area (Å²) in [6.07, 6.45) is 1.97. The highest BCUT2D eigenvalue weighted by molar-refractivity contribution is 9.10. The first-order valence-corrected chi connectivity index (χ1v) is 7.02. The molecule has 3 nitrogen and oxygen atoms in total. The number of hydrogen-bond donors (Lipinski definition) is 1. The van der Waals surface area contributed by atoms with E-state index in [1.165, 1.54) is 5.56 Å². The molecule has 1 N–H and O–H groups in total. The van der Waals surface area contributed by atoms with Crippen molar-refractivity contribution in [2.45, 2.75) is 5.54 Å². The van der Waals surface area contributed by atoms with Crippen molar-refractivity contribution in [3.8, 4) is 0 Å². The fraction of sp³-hybridized carbons (Fsp3) is 0.429. The maximum atomic E-state index is 5.52. The van der Waals surface area contributed by atoms with E-state index in [4.69, 9.17) is 4.84 Å². The average molecular weight is 309 g/mol. The number of nitrogens with zero attached hydrogens (tertiary/aromatic N) is 1. The van der Waals surface area contributed by atoms with E-state index in [2.05, 4.69) is 57.2 Å². The summed E-state index contributed by atoms with van der Waals surface area (Å²) >= 11 is 3.55. The lowest BCUT2D eigenvalue weighted by Gasteiger charge is -2.28. The molecule has 2 aliphatic rings. The first kappa shape index (κ1) is 12.4. The first-order valence-electron chi connectivity index (χ1n) is 6.23. The molecule has 1 aromatic rings. The van der Waals surface area contributed by atoms with Crippen LogP contribution in [-0.4, -0.2) is 31.1 Å². The van der Waals surface area contributed by atoms with Crippen LogP contribution in [0.1, 0.15) is 5.56 Å². The summed E-state index contributed by atoms with van der Waals surface area (Å²) in [7, 11) is 0. The van der Waals surface area contributed by atoms with Crippen LogP contribution in [0, 0.1) is 5.92 Å². The van der Waals surface area contributed by atoms with Gasteiger partial charge < -0.3 is 4.84 Å². The minimum absolute atomic E-state index is 0.0627. The second-order valence-electron chi connectivity index (χ2n) is 5.07. The lowest BCUT2D eigenvalue weighted by atomic mass is 9.83. The van der Waals surface area contributed by atoms with Crippen molar-refractivity contribution in [1.29, 1.82) is 0 Å². The highest BCUT2D eigenvalue weighted by Crippen LogP contribution is 2.41. The first-order chi connectivity index (χ1) is 8.74. The number of fused-ring (bicyclic) bond motifs is 1. The van der Waals surface area contributed by atoms with Crippen molar-refractivity contribution < 1.29 is 4.84 Å². The predicted octanol–water partition coefficient (Wildman–Crippen LogP) is 2.30. The molecule has 4 heteroatoms. The van der Waals surface area contributed by atoms with Crippen LogP contribution in [0.25, 0.3) is 0 Å². The van der Waals surface area contributed by atoms with E-state index in [1.54, 1.807) is 0 Å². The molecule has 0 aliphatic carbocycles. The number of benzene rings is 1. The van der Waals surface area contributed by atoms with Gasteiger partial charge >= 0.3 is 0 Å². The fourth-order valence-corrected chi connectivity index (χ4v) is 3.47.